The maximum atomic E-state index is 5.75. The minimum Gasteiger partial charge on any atom is -0.423 e. The van der Waals surface area contributed by atoms with Gasteiger partial charge in [-0.05, 0) is 6.42 Å². The molecule has 0 saturated heterocycles. The van der Waals surface area contributed by atoms with Gasteiger partial charge in [-0.1, -0.05) is 25.5 Å². The Morgan fingerprint density at radius 2 is 1.94 bits per heavy atom. The Balaban J connectivity index is 2.17. The smallest absolute Gasteiger partial charge is 0.238 e. The van der Waals surface area contributed by atoms with E-state index in [2.05, 4.69) is 27.4 Å². The molecule has 0 spiro atoms. The summed E-state index contributed by atoms with van der Waals surface area (Å²) in [5.41, 5.74) is 6.67. The summed E-state index contributed by atoms with van der Waals surface area (Å²) in [6.45, 7) is 4.47. The zero-order valence-electron chi connectivity index (χ0n) is 10.1. The Bertz CT molecular complexity index is 489. The van der Waals surface area contributed by atoms with Crippen LogP contribution in [0.4, 0.5) is 5.82 Å². The fourth-order valence-electron chi connectivity index (χ4n) is 1.59. The topological polar surface area (TPSA) is 95.7 Å². The van der Waals surface area contributed by atoms with Crippen LogP contribution < -0.4 is 5.73 Å². The van der Waals surface area contributed by atoms with Crippen molar-refractivity contribution in [1.82, 2.24) is 25.2 Å². The summed E-state index contributed by atoms with van der Waals surface area (Å²) in [6.07, 6.45) is 2.56. The molecular weight excluding hydrogens is 220 g/mol. The molecule has 0 aliphatic heterocycles. The average Bonchev–Trinajstić information content (AvgIpc) is 2.91. The molecule has 92 valence electrons. The van der Waals surface area contributed by atoms with Gasteiger partial charge in [0.2, 0.25) is 11.8 Å². The van der Waals surface area contributed by atoms with E-state index < -0.39 is 0 Å². The van der Waals surface area contributed by atoms with Crippen LogP contribution in [0.1, 0.15) is 37.7 Å². The van der Waals surface area contributed by atoms with Gasteiger partial charge in [-0.15, -0.1) is 15.3 Å². The van der Waals surface area contributed by atoms with Gasteiger partial charge in [0.25, 0.3) is 0 Å². The van der Waals surface area contributed by atoms with Gasteiger partial charge in [-0.2, -0.15) is 0 Å². The average molecular weight is 236 g/mol. The van der Waals surface area contributed by atoms with Crippen LogP contribution in [0.3, 0.4) is 0 Å². The van der Waals surface area contributed by atoms with Gasteiger partial charge in [0.1, 0.15) is 6.54 Å². The van der Waals surface area contributed by atoms with E-state index in [9.17, 15) is 0 Å². The fourth-order valence-corrected chi connectivity index (χ4v) is 1.59. The third-order valence-corrected chi connectivity index (χ3v) is 2.45. The first-order valence-electron chi connectivity index (χ1n) is 5.73. The second-order valence-corrected chi connectivity index (χ2v) is 3.77. The van der Waals surface area contributed by atoms with Crippen LogP contribution >= 0.6 is 0 Å². The summed E-state index contributed by atoms with van der Waals surface area (Å²) in [6, 6.07) is 0. The minimum absolute atomic E-state index is 0.423. The molecule has 0 atom stereocenters. The lowest BCUT2D eigenvalue weighted by molar-refractivity contribution is 0.426. The van der Waals surface area contributed by atoms with Gasteiger partial charge >= 0.3 is 0 Å². The van der Waals surface area contributed by atoms with Crippen molar-refractivity contribution in [3.8, 4) is 0 Å². The molecule has 0 saturated carbocycles. The quantitative estimate of drug-likeness (QED) is 0.825. The fraction of sp³-hybridized carbons (Fsp3) is 0.600. The monoisotopic (exact) mass is 236 g/mol. The zero-order valence-corrected chi connectivity index (χ0v) is 10.1. The molecule has 2 N–H and O–H groups in total. The molecule has 0 bridgehead atoms. The van der Waals surface area contributed by atoms with Crippen molar-refractivity contribution in [2.75, 3.05) is 5.73 Å². The molecule has 0 amide bonds. The summed E-state index contributed by atoms with van der Waals surface area (Å²) in [5, 5.41) is 15.7. The van der Waals surface area contributed by atoms with Crippen molar-refractivity contribution in [2.45, 2.75) is 39.7 Å². The van der Waals surface area contributed by atoms with Gasteiger partial charge in [-0.3, -0.25) is 0 Å². The Kier molecular flexibility index (Phi) is 3.36. The molecule has 2 heterocycles. The maximum Gasteiger partial charge on any atom is 0.238 e. The summed E-state index contributed by atoms with van der Waals surface area (Å²) < 4.78 is 7.14. The van der Waals surface area contributed by atoms with Crippen molar-refractivity contribution < 1.29 is 4.42 Å². The van der Waals surface area contributed by atoms with Crippen LogP contribution in [0.15, 0.2) is 4.42 Å². The van der Waals surface area contributed by atoms with E-state index in [4.69, 9.17) is 10.2 Å². The Hall–Kier alpha value is -1.92. The second kappa shape index (κ2) is 4.94. The van der Waals surface area contributed by atoms with Gasteiger partial charge in [0, 0.05) is 6.42 Å². The number of aromatic nitrogens is 5. The third kappa shape index (κ3) is 2.43. The molecule has 17 heavy (non-hydrogen) atoms. The Labute approximate surface area is 99.0 Å². The van der Waals surface area contributed by atoms with Crippen molar-refractivity contribution >= 4 is 5.82 Å². The largest absolute Gasteiger partial charge is 0.423 e. The molecule has 2 aromatic heterocycles. The number of hydrogen-bond donors (Lipinski definition) is 1. The van der Waals surface area contributed by atoms with E-state index in [1.54, 1.807) is 4.68 Å². The summed E-state index contributed by atoms with van der Waals surface area (Å²) >= 11 is 0. The normalized spacial score (nSPS) is 10.9. The highest BCUT2D eigenvalue weighted by molar-refractivity contribution is 5.33. The molecule has 0 aliphatic carbocycles. The lowest BCUT2D eigenvalue weighted by Gasteiger charge is -2.02. The second-order valence-electron chi connectivity index (χ2n) is 3.77. The van der Waals surface area contributed by atoms with Crippen molar-refractivity contribution in [1.29, 1.82) is 0 Å². The predicted octanol–water partition coefficient (Wildman–Crippen LogP) is 0.806. The van der Waals surface area contributed by atoms with Crippen LogP contribution in [-0.4, -0.2) is 25.2 Å². The first kappa shape index (κ1) is 11.6. The SMILES string of the molecule is CCCc1c(N)nnn1Cc1nnc(CC)o1. The number of aryl methyl sites for hydroxylation is 1. The molecule has 0 aromatic carbocycles. The standard InChI is InChI=1S/C10H16N6O/c1-3-5-7-10(11)14-15-16(7)6-9-13-12-8(4-2)17-9/h3-6,11H2,1-2H3. The maximum absolute atomic E-state index is 5.75. The van der Waals surface area contributed by atoms with Crippen LogP contribution in [0.5, 0.6) is 0 Å². The van der Waals surface area contributed by atoms with E-state index >= 15 is 0 Å². The number of hydrogen-bond acceptors (Lipinski definition) is 6. The van der Waals surface area contributed by atoms with Crippen molar-refractivity contribution in [2.24, 2.45) is 0 Å². The molecule has 7 heteroatoms. The van der Waals surface area contributed by atoms with Gasteiger partial charge < -0.3 is 10.2 Å². The summed E-state index contributed by atoms with van der Waals surface area (Å²) in [7, 11) is 0. The first-order chi connectivity index (χ1) is 8.24. The van der Waals surface area contributed by atoms with Gasteiger partial charge in [-0.25, -0.2) is 4.68 Å². The van der Waals surface area contributed by atoms with E-state index in [0.717, 1.165) is 25.0 Å². The lowest BCUT2D eigenvalue weighted by Crippen LogP contribution is -2.07. The van der Waals surface area contributed by atoms with E-state index in [0.29, 0.717) is 24.1 Å². The zero-order chi connectivity index (χ0) is 12.3. The van der Waals surface area contributed by atoms with Crippen LogP contribution in [0.25, 0.3) is 0 Å². The van der Waals surface area contributed by atoms with Crippen molar-refractivity contribution in [3.05, 3.63) is 17.5 Å². The number of nitrogen functional groups attached to an aromatic ring is 1. The number of nitrogens with zero attached hydrogens (tertiary/aromatic N) is 5. The number of anilines is 1. The van der Waals surface area contributed by atoms with Crippen molar-refractivity contribution in [3.63, 3.8) is 0 Å². The highest BCUT2D eigenvalue weighted by atomic mass is 16.4. The highest BCUT2D eigenvalue weighted by Gasteiger charge is 2.12. The van der Waals surface area contributed by atoms with E-state index in [1.807, 2.05) is 6.92 Å². The molecule has 0 unspecified atom stereocenters. The lowest BCUT2D eigenvalue weighted by atomic mass is 10.2. The van der Waals surface area contributed by atoms with Gasteiger partial charge in [0.05, 0.1) is 5.69 Å². The molecular formula is C10H16N6O. The highest BCUT2D eigenvalue weighted by Crippen LogP contribution is 2.12. The molecule has 2 aromatic rings. The minimum atomic E-state index is 0.423. The molecule has 0 aliphatic rings. The molecule has 0 fully saturated rings. The van der Waals surface area contributed by atoms with E-state index in [1.165, 1.54) is 0 Å². The molecule has 2 rings (SSSR count). The van der Waals surface area contributed by atoms with Crippen LogP contribution in [0, 0.1) is 0 Å². The molecule has 7 nitrogen and oxygen atoms in total. The molecule has 0 radical (unpaired) electrons. The third-order valence-electron chi connectivity index (χ3n) is 2.45. The van der Waals surface area contributed by atoms with Crippen LogP contribution in [-0.2, 0) is 19.4 Å². The number of rotatable bonds is 5. The van der Waals surface area contributed by atoms with Crippen LogP contribution in [0.2, 0.25) is 0 Å². The van der Waals surface area contributed by atoms with Gasteiger partial charge in [0.15, 0.2) is 5.82 Å². The number of nitrogens with two attached hydrogens (primary N) is 1. The van der Waals surface area contributed by atoms with E-state index in [-0.39, 0.29) is 0 Å². The summed E-state index contributed by atoms with van der Waals surface area (Å²) in [4.78, 5) is 0. The summed E-state index contributed by atoms with van der Waals surface area (Å²) in [5.74, 6) is 1.64. The first-order valence-corrected chi connectivity index (χ1v) is 5.73. The Morgan fingerprint density at radius 1 is 1.18 bits per heavy atom. The predicted molar refractivity (Wildman–Crippen MR) is 61.2 cm³/mol. The Morgan fingerprint density at radius 3 is 2.59 bits per heavy atom.